The lowest BCUT2D eigenvalue weighted by atomic mass is 10.2. The van der Waals surface area contributed by atoms with Crippen LogP contribution in [-0.2, 0) is 0 Å². The summed E-state index contributed by atoms with van der Waals surface area (Å²) >= 11 is 7.31. The molecule has 2 aromatic heterocycles. The molecule has 0 fully saturated rings. The van der Waals surface area contributed by atoms with Crippen LogP contribution in [0.25, 0.3) is 38.8 Å². The molecule has 33 heavy (non-hydrogen) atoms. The Morgan fingerprint density at radius 3 is 2.45 bits per heavy atom. The third kappa shape index (κ3) is 4.28. The highest BCUT2D eigenvalue weighted by Gasteiger charge is 2.16. The zero-order chi connectivity index (χ0) is 22.8. The third-order valence-electron chi connectivity index (χ3n) is 5.04. The van der Waals surface area contributed by atoms with Crippen molar-refractivity contribution < 1.29 is 4.74 Å². The van der Waals surface area contributed by atoms with Crippen LogP contribution in [0, 0.1) is 0 Å². The summed E-state index contributed by atoms with van der Waals surface area (Å²) in [6, 6.07) is 22.2. The van der Waals surface area contributed by atoms with E-state index in [4.69, 9.17) is 21.3 Å². The van der Waals surface area contributed by atoms with Crippen LogP contribution in [0.2, 0.25) is 5.02 Å². The SMILES string of the molecule is COc1ccc(/C=C/c2nc3ccccc3c(=O)n2-c2nnc(-c3ccc(Cl)cc3)s2)cc1. The van der Waals surface area contributed by atoms with Gasteiger partial charge in [-0.1, -0.05) is 65.4 Å². The lowest BCUT2D eigenvalue weighted by Crippen LogP contribution is -2.22. The molecule has 2 heterocycles. The van der Waals surface area contributed by atoms with Gasteiger partial charge < -0.3 is 4.74 Å². The van der Waals surface area contributed by atoms with E-state index in [0.717, 1.165) is 16.9 Å². The van der Waals surface area contributed by atoms with Crippen LogP contribution in [0.1, 0.15) is 11.4 Å². The number of hydrogen-bond acceptors (Lipinski definition) is 6. The highest BCUT2D eigenvalue weighted by atomic mass is 35.5. The number of rotatable bonds is 5. The highest BCUT2D eigenvalue weighted by molar-refractivity contribution is 7.17. The van der Waals surface area contributed by atoms with Crippen LogP contribution < -0.4 is 10.3 Å². The van der Waals surface area contributed by atoms with Crippen LogP contribution in [0.15, 0.2) is 77.6 Å². The van der Waals surface area contributed by atoms with E-state index in [9.17, 15) is 4.79 Å². The molecule has 8 heteroatoms. The quantitative estimate of drug-likeness (QED) is 0.326. The number of fused-ring (bicyclic) bond motifs is 1. The van der Waals surface area contributed by atoms with Crippen molar-refractivity contribution in [3.63, 3.8) is 0 Å². The normalized spacial score (nSPS) is 11.3. The van der Waals surface area contributed by atoms with E-state index in [1.807, 2.05) is 60.7 Å². The van der Waals surface area contributed by atoms with E-state index in [1.165, 1.54) is 15.9 Å². The van der Waals surface area contributed by atoms with Gasteiger partial charge in [-0.25, -0.2) is 9.55 Å². The Balaban J connectivity index is 1.62. The van der Waals surface area contributed by atoms with Gasteiger partial charge in [0.05, 0.1) is 18.0 Å². The Morgan fingerprint density at radius 1 is 0.939 bits per heavy atom. The summed E-state index contributed by atoms with van der Waals surface area (Å²) in [5.74, 6) is 1.24. The maximum Gasteiger partial charge on any atom is 0.268 e. The largest absolute Gasteiger partial charge is 0.497 e. The van der Waals surface area contributed by atoms with Gasteiger partial charge in [0, 0.05) is 10.6 Å². The number of para-hydroxylation sites is 1. The van der Waals surface area contributed by atoms with Gasteiger partial charge in [0.15, 0.2) is 0 Å². The first-order chi connectivity index (χ1) is 16.1. The number of aromatic nitrogens is 4. The molecule has 0 unspecified atom stereocenters. The second kappa shape index (κ2) is 8.97. The average Bonchev–Trinajstić information content (AvgIpc) is 3.33. The van der Waals surface area contributed by atoms with Crippen molar-refractivity contribution in [1.29, 1.82) is 0 Å². The fourth-order valence-electron chi connectivity index (χ4n) is 3.35. The number of halogens is 1. The number of ether oxygens (including phenoxy) is 1. The van der Waals surface area contributed by atoms with Crippen LogP contribution in [0.3, 0.4) is 0 Å². The Hall–Kier alpha value is -3.81. The molecule has 162 valence electrons. The van der Waals surface area contributed by atoms with Crippen molar-refractivity contribution in [3.8, 4) is 21.5 Å². The molecule has 0 spiro atoms. The van der Waals surface area contributed by atoms with Crippen LogP contribution in [-0.4, -0.2) is 26.9 Å². The standard InChI is InChI=1S/C25H17ClN4O2S/c1-32-19-13-6-16(7-14-19)8-15-22-27-21-5-3-2-4-20(21)24(31)30(22)25-29-28-23(33-25)17-9-11-18(26)12-10-17/h2-15H,1H3/b15-8+. The molecular formula is C25H17ClN4O2S. The molecule has 5 aromatic rings. The van der Waals surface area contributed by atoms with E-state index in [2.05, 4.69) is 10.2 Å². The predicted molar refractivity (Wildman–Crippen MR) is 133 cm³/mol. The molecular weight excluding hydrogens is 456 g/mol. The zero-order valence-corrected chi connectivity index (χ0v) is 19.0. The smallest absolute Gasteiger partial charge is 0.268 e. The molecule has 0 saturated carbocycles. The molecule has 0 radical (unpaired) electrons. The minimum atomic E-state index is -0.200. The molecule has 5 rings (SSSR count). The first-order valence-electron chi connectivity index (χ1n) is 10.1. The molecule has 0 aliphatic carbocycles. The lowest BCUT2D eigenvalue weighted by Gasteiger charge is -2.08. The van der Waals surface area contributed by atoms with Gasteiger partial charge in [-0.15, -0.1) is 10.2 Å². The molecule has 0 amide bonds. The Kier molecular flexibility index (Phi) is 5.73. The molecule has 0 bridgehead atoms. The fourth-order valence-corrected chi connectivity index (χ4v) is 4.33. The molecule has 6 nitrogen and oxygen atoms in total. The van der Waals surface area contributed by atoms with Crippen molar-refractivity contribution in [2.45, 2.75) is 0 Å². The van der Waals surface area contributed by atoms with E-state index in [0.29, 0.717) is 31.9 Å². The first kappa shape index (κ1) is 21.1. The van der Waals surface area contributed by atoms with Crippen LogP contribution >= 0.6 is 22.9 Å². The summed E-state index contributed by atoms with van der Waals surface area (Å²) in [6.45, 7) is 0. The molecule has 3 aromatic carbocycles. The number of hydrogen-bond donors (Lipinski definition) is 0. The summed E-state index contributed by atoms with van der Waals surface area (Å²) < 4.78 is 6.71. The summed E-state index contributed by atoms with van der Waals surface area (Å²) in [5, 5.41) is 10.9. The second-order valence-corrected chi connectivity index (χ2v) is 8.52. The molecule has 0 N–H and O–H groups in total. The maximum absolute atomic E-state index is 13.4. The molecule has 0 aliphatic rings. The molecule has 0 saturated heterocycles. The van der Waals surface area contributed by atoms with E-state index < -0.39 is 0 Å². The van der Waals surface area contributed by atoms with Crippen molar-refractivity contribution in [2.75, 3.05) is 7.11 Å². The minimum Gasteiger partial charge on any atom is -0.497 e. The van der Waals surface area contributed by atoms with E-state index in [-0.39, 0.29) is 5.56 Å². The zero-order valence-electron chi connectivity index (χ0n) is 17.5. The van der Waals surface area contributed by atoms with Crippen molar-refractivity contribution in [2.24, 2.45) is 0 Å². The monoisotopic (exact) mass is 472 g/mol. The van der Waals surface area contributed by atoms with Crippen molar-refractivity contribution in [1.82, 2.24) is 19.7 Å². The van der Waals surface area contributed by atoms with Gasteiger partial charge in [0.1, 0.15) is 16.6 Å². The Morgan fingerprint density at radius 2 is 1.70 bits per heavy atom. The minimum absolute atomic E-state index is 0.200. The predicted octanol–water partition coefficient (Wildman–Crippen LogP) is 5.74. The maximum atomic E-state index is 13.4. The van der Waals surface area contributed by atoms with Gasteiger partial charge >= 0.3 is 0 Å². The fraction of sp³-hybridized carbons (Fsp3) is 0.0400. The Bertz CT molecular complexity index is 1520. The molecule has 0 atom stereocenters. The number of nitrogens with zero attached hydrogens (tertiary/aromatic N) is 4. The first-order valence-corrected chi connectivity index (χ1v) is 11.3. The number of methoxy groups -OCH3 is 1. The Labute approximate surface area is 198 Å². The van der Waals surface area contributed by atoms with Crippen LogP contribution in [0.5, 0.6) is 5.75 Å². The molecule has 0 aliphatic heterocycles. The number of benzene rings is 3. The topological polar surface area (TPSA) is 69.9 Å². The van der Waals surface area contributed by atoms with E-state index >= 15 is 0 Å². The van der Waals surface area contributed by atoms with Gasteiger partial charge in [-0.2, -0.15) is 0 Å². The average molecular weight is 473 g/mol. The summed E-state index contributed by atoms with van der Waals surface area (Å²) in [5.41, 5.74) is 2.24. The van der Waals surface area contributed by atoms with E-state index in [1.54, 1.807) is 31.4 Å². The lowest BCUT2D eigenvalue weighted by molar-refractivity contribution is 0.415. The second-order valence-electron chi connectivity index (χ2n) is 7.13. The third-order valence-corrected chi connectivity index (χ3v) is 6.25. The van der Waals surface area contributed by atoms with Gasteiger partial charge in [-0.05, 0) is 48.0 Å². The van der Waals surface area contributed by atoms with Crippen LogP contribution in [0.4, 0.5) is 0 Å². The van der Waals surface area contributed by atoms with Crippen molar-refractivity contribution >= 4 is 46.0 Å². The summed E-state index contributed by atoms with van der Waals surface area (Å²) in [4.78, 5) is 18.2. The van der Waals surface area contributed by atoms with Gasteiger partial charge in [0.2, 0.25) is 5.13 Å². The summed E-state index contributed by atoms with van der Waals surface area (Å²) in [6.07, 6.45) is 3.70. The summed E-state index contributed by atoms with van der Waals surface area (Å²) in [7, 11) is 1.63. The highest BCUT2D eigenvalue weighted by Crippen LogP contribution is 2.27. The van der Waals surface area contributed by atoms with Crippen molar-refractivity contribution in [3.05, 3.63) is 99.6 Å². The van der Waals surface area contributed by atoms with Gasteiger partial charge in [0.25, 0.3) is 5.56 Å². The van der Waals surface area contributed by atoms with Gasteiger partial charge in [-0.3, -0.25) is 4.79 Å².